The molecule has 2 heteroatoms. The minimum Gasteiger partial charge on any atom is -0.375 e. The first-order valence-corrected chi connectivity index (χ1v) is 4.69. The van der Waals surface area contributed by atoms with E-state index in [0.717, 1.165) is 13.0 Å². The van der Waals surface area contributed by atoms with Crippen LogP contribution < -0.4 is 0 Å². The lowest BCUT2D eigenvalue weighted by atomic mass is 9.84. The zero-order chi connectivity index (χ0) is 8.93. The lowest BCUT2D eigenvalue weighted by Gasteiger charge is -2.23. The van der Waals surface area contributed by atoms with E-state index in [4.69, 9.17) is 4.74 Å². The monoisotopic (exact) mass is 168 g/mol. The van der Waals surface area contributed by atoms with Gasteiger partial charge in [-0.3, -0.25) is 4.79 Å². The Kier molecular flexibility index (Phi) is 1.59. The van der Waals surface area contributed by atoms with E-state index in [9.17, 15) is 4.79 Å². The van der Waals surface area contributed by atoms with Crippen molar-refractivity contribution in [2.75, 3.05) is 6.61 Å². The molecule has 68 valence electrons. The summed E-state index contributed by atoms with van der Waals surface area (Å²) in [5.74, 6) is 1.63. The first-order valence-electron chi connectivity index (χ1n) is 4.69. The molecule has 2 rings (SSSR count). The third kappa shape index (κ3) is 0.939. The molecular formula is C10H16O2. The topological polar surface area (TPSA) is 26.3 Å². The predicted molar refractivity (Wildman–Crippen MR) is 45.8 cm³/mol. The molecule has 12 heavy (non-hydrogen) atoms. The minimum absolute atomic E-state index is 0.0644. The van der Waals surface area contributed by atoms with Gasteiger partial charge in [0.15, 0.2) is 0 Å². The molecule has 0 amide bonds. The average Bonchev–Trinajstić information content (AvgIpc) is 2.40. The van der Waals surface area contributed by atoms with Gasteiger partial charge in [0.05, 0.1) is 12.2 Å². The summed E-state index contributed by atoms with van der Waals surface area (Å²) in [7, 11) is 0. The maximum absolute atomic E-state index is 11.4. The summed E-state index contributed by atoms with van der Waals surface area (Å²) in [5, 5.41) is 0. The Bertz CT molecular complexity index is 220. The Labute approximate surface area is 73.3 Å². The highest BCUT2D eigenvalue weighted by Gasteiger charge is 2.52. The molecule has 3 atom stereocenters. The summed E-state index contributed by atoms with van der Waals surface area (Å²) in [6, 6.07) is 0. The number of rotatable bonds is 0. The lowest BCUT2D eigenvalue weighted by Crippen LogP contribution is -2.27. The molecule has 0 aromatic heterocycles. The van der Waals surface area contributed by atoms with E-state index in [-0.39, 0.29) is 11.5 Å². The van der Waals surface area contributed by atoms with Crippen LogP contribution in [0, 0.1) is 17.8 Å². The van der Waals surface area contributed by atoms with Crippen LogP contribution in [0.4, 0.5) is 0 Å². The third-order valence-corrected chi connectivity index (χ3v) is 3.63. The Morgan fingerprint density at radius 2 is 2.17 bits per heavy atom. The Morgan fingerprint density at radius 1 is 1.50 bits per heavy atom. The molecule has 1 saturated heterocycles. The van der Waals surface area contributed by atoms with Crippen LogP contribution in [0.25, 0.3) is 0 Å². The molecule has 1 heterocycles. The van der Waals surface area contributed by atoms with Crippen LogP contribution in [0.3, 0.4) is 0 Å². The van der Waals surface area contributed by atoms with Gasteiger partial charge >= 0.3 is 0 Å². The molecule has 0 N–H and O–H groups in total. The van der Waals surface area contributed by atoms with Crippen LogP contribution in [0.2, 0.25) is 0 Å². The van der Waals surface area contributed by atoms with Gasteiger partial charge in [0, 0.05) is 12.3 Å². The van der Waals surface area contributed by atoms with Gasteiger partial charge in [0.2, 0.25) is 0 Å². The average molecular weight is 168 g/mol. The molecule has 1 aliphatic carbocycles. The van der Waals surface area contributed by atoms with E-state index in [1.165, 1.54) is 0 Å². The molecule has 1 saturated carbocycles. The third-order valence-electron chi connectivity index (χ3n) is 3.63. The largest absolute Gasteiger partial charge is 0.375 e. The molecule has 2 nitrogen and oxygen atoms in total. The number of carbonyl (C=O) groups is 1. The molecule has 2 aliphatic rings. The molecule has 0 bridgehead atoms. The van der Waals surface area contributed by atoms with Gasteiger partial charge in [-0.1, -0.05) is 6.92 Å². The highest BCUT2D eigenvalue weighted by molar-refractivity contribution is 5.83. The molecule has 0 aromatic rings. The maximum atomic E-state index is 11.4. The normalized spacial score (nSPS) is 44.9. The second-order valence-electron chi connectivity index (χ2n) is 4.64. The standard InChI is InChI=1S/C10H16O2/c1-6-7-5-12-10(2,3)8(7)4-9(6)11/h6-8H,4-5H2,1-3H3. The summed E-state index contributed by atoms with van der Waals surface area (Å²) in [6.45, 7) is 7.02. The maximum Gasteiger partial charge on any atom is 0.136 e. The zero-order valence-electron chi connectivity index (χ0n) is 7.96. The molecule has 0 spiro atoms. The van der Waals surface area contributed by atoms with Crippen molar-refractivity contribution in [3.05, 3.63) is 0 Å². The van der Waals surface area contributed by atoms with Crippen molar-refractivity contribution >= 4 is 5.78 Å². The summed E-state index contributed by atoms with van der Waals surface area (Å²) in [5.41, 5.74) is -0.0644. The summed E-state index contributed by atoms with van der Waals surface area (Å²) >= 11 is 0. The van der Waals surface area contributed by atoms with Crippen LogP contribution in [0.15, 0.2) is 0 Å². The number of ether oxygens (including phenoxy) is 1. The lowest BCUT2D eigenvalue weighted by molar-refractivity contribution is -0.122. The van der Waals surface area contributed by atoms with Crippen molar-refractivity contribution in [3.63, 3.8) is 0 Å². The van der Waals surface area contributed by atoms with Gasteiger partial charge in [0.25, 0.3) is 0 Å². The molecule has 3 unspecified atom stereocenters. The number of Topliss-reactive ketones (excluding diaryl/α,β-unsaturated/α-hetero) is 1. The van der Waals surface area contributed by atoms with E-state index in [1.54, 1.807) is 0 Å². The van der Waals surface area contributed by atoms with Gasteiger partial charge in [0.1, 0.15) is 5.78 Å². The van der Waals surface area contributed by atoms with E-state index in [2.05, 4.69) is 13.8 Å². The Balaban J connectivity index is 2.24. The van der Waals surface area contributed by atoms with Crippen molar-refractivity contribution < 1.29 is 9.53 Å². The van der Waals surface area contributed by atoms with Crippen LogP contribution in [-0.2, 0) is 9.53 Å². The van der Waals surface area contributed by atoms with E-state index in [0.29, 0.717) is 17.6 Å². The molecule has 0 aromatic carbocycles. The van der Waals surface area contributed by atoms with Crippen LogP contribution in [0.5, 0.6) is 0 Å². The zero-order valence-corrected chi connectivity index (χ0v) is 7.96. The quantitative estimate of drug-likeness (QED) is 0.549. The van der Waals surface area contributed by atoms with Gasteiger partial charge in [-0.2, -0.15) is 0 Å². The second kappa shape index (κ2) is 2.32. The van der Waals surface area contributed by atoms with Crippen LogP contribution >= 0.6 is 0 Å². The van der Waals surface area contributed by atoms with Crippen LogP contribution in [0.1, 0.15) is 27.2 Å². The minimum atomic E-state index is -0.0644. The van der Waals surface area contributed by atoms with Crippen molar-refractivity contribution in [2.45, 2.75) is 32.8 Å². The van der Waals surface area contributed by atoms with E-state index >= 15 is 0 Å². The highest BCUT2D eigenvalue weighted by atomic mass is 16.5. The van der Waals surface area contributed by atoms with Crippen molar-refractivity contribution in [2.24, 2.45) is 17.8 Å². The number of hydrogen-bond donors (Lipinski definition) is 0. The predicted octanol–water partition coefficient (Wildman–Crippen LogP) is 1.64. The number of hydrogen-bond acceptors (Lipinski definition) is 2. The first-order chi connectivity index (χ1) is 5.52. The van der Waals surface area contributed by atoms with Crippen LogP contribution in [-0.4, -0.2) is 18.0 Å². The number of fused-ring (bicyclic) bond motifs is 1. The summed E-state index contributed by atoms with van der Waals surface area (Å²) < 4.78 is 5.67. The number of ketones is 1. The summed E-state index contributed by atoms with van der Waals surface area (Å²) in [4.78, 5) is 11.4. The van der Waals surface area contributed by atoms with Gasteiger partial charge in [-0.15, -0.1) is 0 Å². The van der Waals surface area contributed by atoms with Gasteiger partial charge in [-0.05, 0) is 25.7 Å². The smallest absolute Gasteiger partial charge is 0.136 e. The molecule has 2 fully saturated rings. The van der Waals surface area contributed by atoms with Crippen molar-refractivity contribution in [1.29, 1.82) is 0 Å². The SMILES string of the molecule is CC1C(=O)CC2C1COC2(C)C. The summed E-state index contributed by atoms with van der Waals surface area (Å²) in [6.07, 6.45) is 0.735. The fourth-order valence-electron chi connectivity index (χ4n) is 2.58. The number of carbonyl (C=O) groups excluding carboxylic acids is 1. The first kappa shape index (κ1) is 8.24. The highest BCUT2D eigenvalue weighted by Crippen LogP contribution is 2.47. The van der Waals surface area contributed by atoms with Crippen molar-refractivity contribution in [3.8, 4) is 0 Å². The Morgan fingerprint density at radius 3 is 2.75 bits per heavy atom. The Hall–Kier alpha value is -0.370. The fraction of sp³-hybridized carbons (Fsp3) is 0.900. The van der Waals surface area contributed by atoms with Gasteiger partial charge < -0.3 is 4.74 Å². The fourth-order valence-corrected chi connectivity index (χ4v) is 2.58. The molecular weight excluding hydrogens is 152 g/mol. The molecule has 1 aliphatic heterocycles. The van der Waals surface area contributed by atoms with Gasteiger partial charge in [-0.25, -0.2) is 0 Å². The van der Waals surface area contributed by atoms with E-state index in [1.807, 2.05) is 6.92 Å². The van der Waals surface area contributed by atoms with E-state index < -0.39 is 0 Å². The van der Waals surface area contributed by atoms with Crippen molar-refractivity contribution in [1.82, 2.24) is 0 Å². The second-order valence-corrected chi connectivity index (χ2v) is 4.64. The molecule has 0 radical (unpaired) electrons.